The molecule has 2 rings (SSSR count). The lowest BCUT2D eigenvalue weighted by Gasteiger charge is -2.18. The lowest BCUT2D eigenvalue weighted by atomic mass is 9.92. The van der Waals surface area contributed by atoms with Crippen LogP contribution >= 0.6 is 11.6 Å². The summed E-state index contributed by atoms with van der Waals surface area (Å²) in [5, 5.41) is 0.826. The minimum atomic E-state index is 0.139. The Balaban J connectivity index is 2.00. The predicted octanol–water partition coefficient (Wildman–Crippen LogP) is 2.94. The van der Waals surface area contributed by atoms with Crippen LogP contribution in [0, 0.1) is 12.8 Å². The van der Waals surface area contributed by atoms with E-state index in [1.165, 1.54) is 5.56 Å². The van der Waals surface area contributed by atoms with E-state index in [0.29, 0.717) is 12.0 Å². The van der Waals surface area contributed by atoms with Crippen molar-refractivity contribution >= 4 is 11.6 Å². The normalized spacial score (nSPS) is 26.1. The van der Waals surface area contributed by atoms with Crippen molar-refractivity contribution in [3.05, 3.63) is 34.3 Å². The number of ether oxygens (including phenoxy) is 1. The SMILES string of the molecule is Cc1ccc(CC(N)C2COC(C)C2)c(Cl)c1. The first-order chi connectivity index (χ1) is 8.06. The summed E-state index contributed by atoms with van der Waals surface area (Å²) >= 11 is 6.22. The molecule has 3 atom stereocenters. The van der Waals surface area contributed by atoms with Crippen LogP contribution < -0.4 is 5.73 Å². The highest BCUT2D eigenvalue weighted by Crippen LogP contribution is 2.25. The molecule has 1 aromatic rings. The van der Waals surface area contributed by atoms with Crippen molar-refractivity contribution in [1.29, 1.82) is 0 Å². The van der Waals surface area contributed by atoms with E-state index in [9.17, 15) is 0 Å². The molecule has 0 radical (unpaired) electrons. The van der Waals surface area contributed by atoms with E-state index in [2.05, 4.69) is 19.1 Å². The Bertz CT molecular complexity index is 394. The fourth-order valence-corrected chi connectivity index (χ4v) is 2.70. The van der Waals surface area contributed by atoms with Crippen LogP contribution in [0.1, 0.15) is 24.5 Å². The third-order valence-corrected chi connectivity index (χ3v) is 3.85. The summed E-state index contributed by atoms with van der Waals surface area (Å²) in [6.07, 6.45) is 2.24. The van der Waals surface area contributed by atoms with Gasteiger partial charge < -0.3 is 10.5 Å². The smallest absolute Gasteiger partial charge is 0.0551 e. The topological polar surface area (TPSA) is 35.2 Å². The van der Waals surface area contributed by atoms with E-state index in [0.717, 1.165) is 30.0 Å². The zero-order valence-corrected chi connectivity index (χ0v) is 11.2. The highest BCUT2D eigenvalue weighted by atomic mass is 35.5. The van der Waals surface area contributed by atoms with Crippen molar-refractivity contribution in [2.45, 2.75) is 38.8 Å². The Kier molecular flexibility index (Phi) is 4.08. The monoisotopic (exact) mass is 253 g/mol. The predicted molar refractivity (Wildman–Crippen MR) is 71.4 cm³/mol. The summed E-state index contributed by atoms with van der Waals surface area (Å²) < 4.78 is 5.56. The van der Waals surface area contributed by atoms with Gasteiger partial charge in [0.2, 0.25) is 0 Å². The van der Waals surface area contributed by atoms with Gasteiger partial charge in [0.1, 0.15) is 0 Å². The molecule has 0 saturated carbocycles. The third-order valence-electron chi connectivity index (χ3n) is 3.50. The van der Waals surface area contributed by atoms with E-state index in [-0.39, 0.29) is 6.04 Å². The van der Waals surface area contributed by atoms with Gasteiger partial charge in [0.25, 0.3) is 0 Å². The Morgan fingerprint density at radius 2 is 2.29 bits per heavy atom. The number of benzene rings is 1. The average Bonchev–Trinajstić information content (AvgIpc) is 2.69. The molecule has 0 spiro atoms. The first kappa shape index (κ1) is 12.9. The minimum absolute atomic E-state index is 0.139. The maximum atomic E-state index is 6.24. The fourth-order valence-electron chi connectivity index (χ4n) is 2.39. The Labute approximate surface area is 108 Å². The molecule has 0 bridgehead atoms. The summed E-state index contributed by atoms with van der Waals surface area (Å²) in [6.45, 7) is 4.93. The standard InChI is InChI=1S/C14H20ClNO/c1-9-3-4-11(13(15)5-9)7-14(16)12-6-10(2)17-8-12/h3-5,10,12,14H,6-8,16H2,1-2H3. The van der Waals surface area contributed by atoms with Gasteiger partial charge in [-0.1, -0.05) is 23.7 Å². The van der Waals surface area contributed by atoms with Crippen molar-refractivity contribution in [2.75, 3.05) is 6.61 Å². The van der Waals surface area contributed by atoms with E-state index < -0.39 is 0 Å². The largest absolute Gasteiger partial charge is 0.378 e. The Morgan fingerprint density at radius 3 is 2.88 bits per heavy atom. The summed E-state index contributed by atoms with van der Waals surface area (Å²) in [5.41, 5.74) is 8.57. The van der Waals surface area contributed by atoms with Gasteiger partial charge in [0.15, 0.2) is 0 Å². The molecule has 94 valence electrons. The van der Waals surface area contributed by atoms with Crippen LogP contribution in [0.25, 0.3) is 0 Å². The molecule has 2 N–H and O–H groups in total. The number of hydrogen-bond acceptors (Lipinski definition) is 2. The number of rotatable bonds is 3. The van der Waals surface area contributed by atoms with Gasteiger partial charge in [-0.2, -0.15) is 0 Å². The van der Waals surface area contributed by atoms with E-state index >= 15 is 0 Å². The van der Waals surface area contributed by atoms with Crippen LogP contribution in [0.3, 0.4) is 0 Å². The van der Waals surface area contributed by atoms with E-state index in [1.54, 1.807) is 0 Å². The van der Waals surface area contributed by atoms with Crippen LogP contribution in [0.4, 0.5) is 0 Å². The minimum Gasteiger partial charge on any atom is -0.378 e. The quantitative estimate of drug-likeness (QED) is 0.899. The molecule has 1 heterocycles. The second kappa shape index (κ2) is 5.38. The Morgan fingerprint density at radius 1 is 1.53 bits per heavy atom. The van der Waals surface area contributed by atoms with Gasteiger partial charge in [-0.25, -0.2) is 0 Å². The summed E-state index contributed by atoms with van der Waals surface area (Å²) in [4.78, 5) is 0. The van der Waals surface area contributed by atoms with Crippen LogP contribution in [0.15, 0.2) is 18.2 Å². The lowest BCUT2D eigenvalue weighted by molar-refractivity contribution is 0.118. The molecule has 0 aromatic heterocycles. The van der Waals surface area contributed by atoms with Crippen LogP contribution in [-0.2, 0) is 11.2 Å². The second-order valence-electron chi connectivity index (χ2n) is 5.10. The van der Waals surface area contributed by atoms with Crippen molar-refractivity contribution in [1.82, 2.24) is 0 Å². The average molecular weight is 254 g/mol. The van der Waals surface area contributed by atoms with Crippen molar-refractivity contribution in [2.24, 2.45) is 11.7 Å². The van der Waals surface area contributed by atoms with Crippen molar-refractivity contribution in [3.8, 4) is 0 Å². The number of aryl methyl sites for hydroxylation is 1. The molecule has 3 unspecified atom stereocenters. The van der Waals surface area contributed by atoms with Gasteiger partial charge in [-0.15, -0.1) is 0 Å². The zero-order valence-electron chi connectivity index (χ0n) is 10.4. The molecule has 3 heteroatoms. The van der Waals surface area contributed by atoms with E-state index in [1.807, 2.05) is 13.0 Å². The van der Waals surface area contributed by atoms with Gasteiger partial charge in [0, 0.05) is 17.0 Å². The summed E-state index contributed by atoms with van der Waals surface area (Å²) in [5.74, 6) is 0.461. The first-order valence-electron chi connectivity index (χ1n) is 6.18. The summed E-state index contributed by atoms with van der Waals surface area (Å²) in [6, 6.07) is 6.30. The van der Waals surface area contributed by atoms with Crippen LogP contribution in [0.2, 0.25) is 5.02 Å². The molecule has 17 heavy (non-hydrogen) atoms. The zero-order chi connectivity index (χ0) is 12.4. The van der Waals surface area contributed by atoms with Gasteiger partial charge in [-0.05, 0) is 43.9 Å². The van der Waals surface area contributed by atoms with Crippen LogP contribution in [-0.4, -0.2) is 18.8 Å². The molecule has 2 nitrogen and oxygen atoms in total. The maximum Gasteiger partial charge on any atom is 0.0551 e. The fraction of sp³-hybridized carbons (Fsp3) is 0.571. The van der Waals surface area contributed by atoms with Crippen LogP contribution in [0.5, 0.6) is 0 Å². The Hall–Kier alpha value is -0.570. The number of hydrogen-bond donors (Lipinski definition) is 1. The number of halogens is 1. The van der Waals surface area contributed by atoms with Crippen molar-refractivity contribution < 1.29 is 4.74 Å². The van der Waals surface area contributed by atoms with E-state index in [4.69, 9.17) is 22.1 Å². The van der Waals surface area contributed by atoms with Gasteiger partial charge >= 0.3 is 0 Å². The number of nitrogens with two attached hydrogens (primary N) is 1. The molecule has 1 aliphatic heterocycles. The molecular weight excluding hydrogens is 234 g/mol. The summed E-state index contributed by atoms with van der Waals surface area (Å²) in [7, 11) is 0. The maximum absolute atomic E-state index is 6.24. The first-order valence-corrected chi connectivity index (χ1v) is 6.56. The molecule has 1 aliphatic rings. The second-order valence-corrected chi connectivity index (χ2v) is 5.51. The highest BCUT2D eigenvalue weighted by molar-refractivity contribution is 6.31. The highest BCUT2D eigenvalue weighted by Gasteiger charge is 2.27. The molecule has 1 aromatic carbocycles. The molecule has 1 saturated heterocycles. The lowest BCUT2D eigenvalue weighted by Crippen LogP contribution is -2.32. The molecule has 0 amide bonds. The molecule has 1 fully saturated rings. The van der Waals surface area contributed by atoms with Crippen molar-refractivity contribution in [3.63, 3.8) is 0 Å². The molecular formula is C14H20ClNO. The van der Waals surface area contributed by atoms with Gasteiger partial charge in [-0.3, -0.25) is 0 Å². The molecule has 0 aliphatic carbocycles. The van der Waals surface area contributed by atoms with Gasteiger partial charge in [0.05, 0.1) is 12.7 Å². The third kappa shape index (κ3) is 3.21.